The maximum absolute atomic E-state index is 12.1. The lowest BCUT2D eigenvalue weighted by atomic mass is 10.4. The maximum atomic E-state index is 12.1. The Labute approximate surface area is 131 Å². The quantitative estimate of drug-likeness (QED) is 0.859. The van der Waals surface area contributed by atoms with Crippen LogP contribution in [-0.2, 0) is 11.3 Å². The number of aromatic nitrogens is 4. The molecule has 0 atom stereocenters. The van der Waals surface area contributed by atoms with Gasteiger partial charge in [0.25, 0.3) is 5.56 Å². The molecule has 2 heterocycles. The third-order valence-corrected chi connectivity index (χ3v) is 3.67. The van der Waals surface area contributed by atoms with Crippen molar-refractivity contribution in [2.24, 2.45) is 0 Å². The number of anilines is 2. The van der Waals surface area contributed by atoms with Crippen LogP contribution in [0.3, 0.4) is 0 Å². The Kier molecular flexibility index (Phi) is 5.13. The van der Waals surface area contributed by atoms with Crippen LogP contribution in [0.5, 0.6) is 0 Å². The molecule has 0 aliphatic carbocycles. The van der Waals surface area contributed by atoms with Crippen molar-refractivity contribution in [3.8, 4) is 0 Å². The zero-order valence-corrected chi connectivity index (χ0v) is 13.8. The van der Waals surface area contributed by atoms with Crippen molar-refractivity contribution >= 4 is 27.3 Å². The van der Waals surface area contributed by atoms with Gasteiger partial charge in [-0.1, -0.05) is 0 Å². The summed E-state index contributed by atoms with van der Waals surface area (Å²) in [6, 6.07) is 0.282. The monoisotopic (exact) mass is 355 g/mol. The highest BCUT2D eigenvalue weighted by Crippen LogP contribution is 2.21. The standard InChI is InChI=1S/C13H18BrN5O2/c1-9(2)19-8-10(6-15-19)17-11-7-16-18(4-5-21-3)13(20)12(11)14/h6-9,17H,4-5H2,1-3H3. The second-order valence-corrected chi connectivity index (χ2v) is 5.61. The van der Waals surface area contributed by atoms with E-state index in [0.717, 1.165) is 5.69 Å². The molecule has 2 aromatic heterocycles. The summed E-state index contributed by atoms with van der Waals surface area (Å²) in [4.78, 5) is 12.1. The lowest BCUT2D eigenvalue weighted by Crippen LogP contribution is -2.25. The fraction of sp³-hybridized carbons (Fsp3) is 0.462. The van der Waals surface area contributed by atoms with Crippen LogP contribution < -0.4 is 10.9 Å². The number of nitrogens with one attached hydrogen (secondary N) is 1. The molecule has 7 nitrogen and oxygen atoms in total. The first-order chi connectivity index (χ1) is 10.0. The highest BCUT2D eigenvalue weighted by molar-refractivity contribution is 9.10. The van der Waals surface area contributed by atoms with Crippen molar-refractivity contribution in [3.63, 3.8) is 0 Å². The minimum atomic E-state index is -0.201. The number of halogens is 1. The Morgan fingerprint density at radius 2 is 2.14 bits per heavy atom. The number of methoxy groups -OCH3 is 1. The molecule has 21 heavy (non-hydrogen) atoms. The van der Waals surface area contributed by atoms with Gasteiger partial charge >= 0.3 is 0 Å². The molecule has 0 saturated heterocycles. The summed E-state index contributed by atoms with van der Waals surface area (Å²) in [5.74, 6) is 0. The zero-order chi connectivity index (χ0) is 15.4. The largest absolute Gasteiger partial charge is 0.383 e. The first kappa shape index (κ1) is 15.7. The molecule has 114 valence electrons. The van der Waals surface area contributed by atoms with E-state index in [-0.39, 0.29) is 11.6 Å². The predicted molar refractivity (Wildman–Crippen MR) is 84.0 cm³/mol. The van der Waals surface area contributed by atoms with Crippen LogP contribution >= 0.6 is 15.9 Å². The number of nitrogens with zero attached hydrogens (tertiary/aromatic N) is 4. The highest BCUT2D eigenvalue weighted by Gasteiger charge is 2.10. The van der Waals surface area contributed by atoms with Gasteiger partial charge in [0, 0.05) is 19.3 Å². The van der Waals surface area contributed by atoms with Crippen molar-refractivity contribution in [3.05, 3.63) is 33.4 Å². The summed E-state index contributed by atoms with van der Waals surface area (Å²) >= 11 is 3.31. The third-order valence-electron chi connectivity index (χ3n) is 2.90. The second kappa shape index (κ2) is 6.86. The van der Waals surface area contributed by atoms with Gasteiger partial charge in [-0.25, -0.2) is 4.68 Å². The van der Waals surface area contributed by atoms with E-state index in [9.17, 15) is 4.79 Å². The molecule has 2 aromatic rings. The molecule has 1 N–H and O–H groups in total. The van der Waals surface area contributed by atoms with Gasteiger partial charge in [0.15, 0.2) is 0 Å². The van der Waals surface area contributed by atoms with Crippen molar-refractivity contribution in [2.75, 3.05) is 19.0 Å². The Morgan fingerprint density at radius 3 is 2.76 bits per heavy atom. The van der Waals surface area contributed by atoms with Gasteiger partial charge in [0.1, 0.15) is 4.47 Å². The molecular formula is C13H18BrN5O2. The van der Waals surface area contributed by atoms with Crippen LogP contribution in [0.2, 0.25) is 0 Å². The summed E-state index contributed by atoms with van der Waals surface area (Å²) in [6.45, 7) is 4.95. The molecule has 0 spiro atoms. The zero-order valence-electron chi connectivity index (χ0n) is 12.2. The van der Waals surface area contributed by atoms with Crippen LogP contribution in [0, 0.1) is 0 Å². The number of rotatable bonds is 6. The Bertz CT molecular complexity index is 665. The van der Waals surface area contributed by atoms with Crippen LogP contribution in [0.25, 0.3) is 0 Å². The van der Waals surface area contributed by atoms with E-state index >= 15 is 0 Å². The molecule has 0 unspecified atom stereocenters. The molecule has 0 fully saturated rings. The summed E-state index contributed by atoms with van der Waals surface area (Å²) in [6.07, 6.45) is 5.20. The van der Waals surface area contributed by atoms with E-state index in [1.165, 1.54) is 4.68 Å². The number of hydrogen-bond donors (Lipinski definition) is 1. The van der Waals surface area contributed by atoms with Gasteiger partial charge in [-0.2, -0.15) is 10.2 Å². The van der Waals surface area contributed by atoms with E-state index in [4.69, 9.17) is 4.74 Å². The molecule has 0 aliphatic heterocycles. The van der Waals surface area contributed by atoms with E-state index < -0.39 is 0 Å². The minimum absolute atomic E-state index is 0.201. The van der Waals surface area contributed by atoms with E-state index in [1.54, 1.807) is 19.5 Å². The fourth-order valence-corrected chi connectivity index (χ4v) is 2.14. The second-order valence-electron chi connectivity index (χ2n) is 4.82. The van der Waals surface area contributed by atoms with Crippen LogP contribution in [0.4, 0.5) is 11.4 Å². The molecule has 0 amide bonds. The average molecular weight is 356 g/mol. The van der Waals surface area contributed by atoms with Gasteiger partial charge in [0.2, 0.25) is 0 Å². The fourth-order valence-electron chi connectivity index (χ4n) is 1.73. The molecule has 0 aliphatic rings. The summed E-state index contributed by atoms with van der Waals surface area (Å²) in [5, 5.41) is 11.5. The van der Waals surface area contributed by atoms with E-state index in [1.807, 2.05) is 24.7 Å². The van der Waals surface area contributed by atoms with Gasteiger partial charge in [-0.05, 0) is 29.8 Å². The first-order valence-corrected chi connectivity index (χ1v) is 7.38. The SMILES string of the molecule is COCCn1ncc(Nc2cnn(C(C)C)c2)c(Br)c1=O. The maximum Gasteiger partial charge on any atom is 0.283 e. The van der Waals surface area contributed by atoms with Gasteiger partial charge in [-0.15, -0.1) is 0 Å². The molecule has 0 saturated carbocycles. The molecule has 2 rings (SSSR count). The Morgan fingerprint density at radius 1 is 1.38 bits per heavy atom. The first-order valence-electron chi connectivity index (χ1n) is 6.58. The molecule has 0 aromatic carbocycles. The smallest absolute Gasteiger partial charge is 0.283 e. The van der Waals surface area contributed by atoms with E-state index in [0.29, 0.717) is 23.3 Å². The number of ether oxygens (including phenoxy) is 1. The van der Waals surface area contributed by atoms with Crippen molar-refractivity contribution in [2.45, 2.75) is 26.4 Å². The van der Waals surface area contributed by atoms with Crippen LogP contribution in [0.1, 0.15) is 19.9 Å². The normalized spacial score (nSPS) is 11.1. The van der Waals surface area contributed by atoms with Crippen LogP contribution in [-0.4, -0.2) is 33.3 Å². The van der Waals surface area contributed by atoms with Crippen molar-refractivity contribution in [1.82, 2.24) is 19.6 Å². The van der Waals surface area contributed by atoms with Gasteiger partial charge in [-0.3, -0.25) is 9.48 Å². The lowest BCUT2D eigenvalue weighted by Gasteiger charge is -2.09. The van der Waals surface area contributed by atoms with Crippen LogP contribution in [0.15, 0.2) is 27.9 Å². The van der Waals surface area contributed by atoms with Gasteiger partial charge < -0.3 is 10.1 Å². The third kappa shape index (κ3) is 3.70. The van der Waals surface area contributed by atoms with Crippen molar-refractivity contribution < 1.29 is 4.74 Å². The number of hydrogen-bond acceptors (Lipinski definition) is 5. The minimum Gasteiger partial charge on any atom is -0.383 e. The highest BCUT2D eigenvalue weighted by atomic mass is 79.9. The topological polar surface area (TPSA) is 74.0 Å². The van der Waals surface area contributed by atoms with Crippen molar-refractivity contribution in [1.29, 1.82) is 0 Å². The molecule has 8 heteroatoms. The molecule has 0 radical (unpaired) electrons. The summed E-state index contributed by atoms with van der Waals surface area (Å²) < 4.78 is 8.58. The summed E-state index contributed by atoms with van der Waals surface area (Å²) in [5.41, 5.74) is 1.21. The summed E-state index contributed by atoms with van der Waals surface area (Å²) in [7, 11) is 1.59. The van der Waals surface area contributed by atoms with E-state index in [2.05, 4.69) is 31.4 Å². The molecular weight excluding hydrogens is 338 g/mol. The predicted octanol–water partition coefficient (Wildman–Crippen LogP) is 2.17. The van der Waals surface area contributed by atoms with Gasteiger partial charge in [0.05, 0.1) is 36.9 Å². The Balaban J connectivity index is 2.20. The average Bonchev–Trinajstić information content (AvgIpc) is 2.92. The Hall–Kier alpha value is -1.67. The molecule has 0 bridgehead atoms. The lowest BCUT2D eigenvalue weighted by molar-refractivity contribution is 0.181.